The molecule has 93 heavy (non-hydrogen) atoms. The summed E-state index contributed by atoms with van der Waals surface area (Å²) in [6.07, 6.45) is 47.3. The molecule has 0 rings (SSSR count). The second-order valence-corrected chi connectivity index (χ2v) is 31.5. The third-order valence-corrected chi connectivity index (χ3v) is 19.0. The predicted octanol–water partition coefficient (Wildman–Crippen LogP) is 21.3. The number of aliphatic hydroxyl groups is 1. The Hall–Kier alpha value is -1.94. The zero-order chi connectivity index (χ0) is 68.9. The molecule has 0 aliphatic rings. The van der Waals surface area contributed by atoms with Crippen molar-refractivity contribution in [3.05, 3.63) is 0 Å². The molecule has 0 radical (unpaired) electrons. The number of phosphoric ester groups is 2. The molecule has 5 atom stereocenters. The lowest BCUT2D eigenvalue weighted by molar-refractivity contribution is -0.161. The van der Waals surface area contributed by atoms with Crippen LogP contribution in [0.1, 0.15) is 370 Å². The van der Waals surface area contributed by atoms with Crippen molar-refractivity contribution in [3.8, 4) is 0 Å². The number of ether oxygens (including phenoxy) is 4. The van der Waals surface area contributed by atoms with Crippen LogP contribution >= 0.6 is 15.6 Å². The molecular formula is C74H144O17P2. The monoisotopic (exact) mass is 1370 g/mol. The first kappa shape index (κ1) is 91.1. The van der Waals surface area contributed by atoms with Crippen LogP contribution in [-0.2, 0) is 65.4 Å². The highest BCUT2D eigenvalue weighted by molar-refractivity contribution is 7.47. The normalized spacial score (nSPS) is 14.2. The zero-order valence-corrected chi connectivity index (χ0v) is 62.7. The third kappa shape index (κ3) is 68.4. The number of carbonyl (C=O) groups is 4. The summed E-state index contributed by atoms with van der Waals surface area (Å²) in [5, 5.41) is 10.6. The first-order chi connectivity index (χ1) is 44.6. The quantitative estimate of drug-likeness (QED) is 0.0222. The first-order valence-corrected chi connectivity index (χ1v) is 41.2. The van der Waals surface area contributed by atoms with Crippen molar-refractivity contribution < 1.29 is 80.2 Å². The average molecular weight is 1370 g/mol. The van der Waals surface area contributed by atoms with Crippen molar-refractivity contribution in [2.75, 3.05) is 39.6 Å². The molecule has 17 nitrogen and oxygen atoms in total. The Kier molecular flexibility index (Phi) is 62.2. The summed E-state index contributed by atoms with van der Waals surface area (Å²) in [7, 11) is -9.91. The minimum absolute atomic E-state index is 0.104. The number of rotatable bonds is 71. The molecule has 0 amide bonds. The maximum atomic E-state index is 13.1. The highest BCUT2D eigenvalue weighted by atomic mass is 31.2. The SMILES string of the molecule is CC(C)CCCCCCCCCCCCCCCC(=O)O[C@H](COC(=O)CCCCCCCCCCCCCCC(C)C)COP(=O)(O)OC[C@@H](O)COP(=O)(O)OC[C@@H](COC(=O)CCCCCCCCC(C)C)OC(=O)CCCCCCCCCCCCC(C)C. The van der Waals surface area contributed by atoms with Crippen molar-refractivity contribution in [2.24, 2.45) is 23.7 Å². The average Bonchev–Trinajstić information content (AvgIpc) is 2.41. The summed E-state index contributed by atoms with van der Waals surface area (Å²) in [5.74, 6) is 0.875. The number of carbonyl (C=O) groups excluding carboxylic acids is 4. The minimum Gasteiger partial charge on any atom is -0.462 e. The first-order valence-electron chi connectivity index (χ1n) is 38.2. The van der Waals surface area contributed by atoms with Crippen molar-refractivity contribution in [1.82, 2.24) is 0 Å². The number of esters is 4. The molecule has 3 N–H and O–H groups in total. The highest BCUT2D eigenvalue weighted by Gasteiger charge is 2.30. The van der Waals surface area contributed by atoms with Crippen LogP contribution in [0.3, 0.4) is 0 Å². The van der Waals surface area contributed by atoms with Gasteiger partial charge in [-0.3, -0.25) is 37.3 Å². The Morgan fingerprint density at radius 1 is 0.269 bits per heavy atom. The van der Waals surface area contributed by atoms with E-state index in [1.54, 1.807) is 0 Å². The lowest BCUT2D eigenvalue weighted by Crippen LogP contribution is -2.30. The topological polar surface area (TPSA) is 237 Å². The largest absolute Gasteiger partial charge is 0.472 e. The maximum Gasteiger partial charge on any atom is 0.472 e. The number of hydrogen-bond donors (Lipinski definition) is 3. The third-order valence-electron chi connectivity index (χ3n) is 17.1. The van der Waals surface area contributed by atoms with E-state index in [-0.39, 0.29) is 25.7 Å². The van der Waals surface area contributed by atoms with E-state index in [1.807, 2.05) is 0 Å². The van der Waals surface area contributed by atoms with Crippen LogP contribution < -0.4 is 0 Å². The van der Waals surface area contributed by atoms with E-state index in [0.717, 1.165) is 114 Å². The summed E-state index contributed by atoms with van der Waals surface area (Å²) >= 11 is 0. The summed E-state index contributed by atoms with van der Waals surface area (Å²) < 4.78 is 68.4. The van der Waals surface area contributed by atoms with Gasteiger partial charge >= 0.3 is 39.5 Å². The molecule has 19 heteroatoms. The summed E-state index contributed by atoms with van der Waals surface area (Å²) in [5.41, 5.74) is 0. The van der Waals surface area contributed by atoms with Crippen molar-refractivity contribution in [1.29, 1.82) is 0 Å². The van der Waals surface area contributed by atoms with Gasteiger partial charge in [0.05, 0.1) is 26.4 Å². The predicted molar refractivity (Wildman–Crippen MR) is 377 cm³/mol. The standard InChI is InChI=1S/C74H144O17P2/c1-64(2)50-42-34-26-20-14-10-9-11-17-24-30-40-48-56-73(78)90-69(60-84-71(76)54-46-38-29-23-16-13-12-15-21-27-35-43-51-65(3)4)62-88-92(80,81)86-58-68(75)59-87-93(82,83)89-63-70(61-85-72(77)55-47-39-33-32-37-45-53-67(7)8)91-74(79)57-49-41-31-25-19-18-22-28-36-44-52-66(5)6/h64-70,75H,9-63H2,1-8H3,(H,80,81)(H,82,83)/t68-,69-,70-/m1/s1. The van der Waals surface area contributed by atoms with Gasteiger partial charge in [0.2, 0.25) is 0 Å². The number of phosphoric acid groups is 2. The van der Waals surface area contributed by atoms with Gasteiger partial charge in [0, 0.05) is 25.7 Å². The van der Waals surface area contributed by atoms with Gasteiger partial charge in [-0.15, -0.1) is 0 Å². The molecule has 2 unspecified atom stereocenters. The van der Waals surface area contributed by atoms with Gasteiger partial charge < -0.3 is 33.8 Å². The number of hydrogen-bond acceptors (Lipinski definition) is 15. The lowest BCUT2D eigenvalue weighted by Gasteiger charge is -2.21. The van der Waals surface area contributed by atoms with Gasteiger partial charge in [0.25, 0.3) is 0 Å². The smallest absolute Gasteiger partial charge is 0.462 e. The molecule has 0 saturated carbocycles. The molecule has 0 bridgehead atoms. The van der Waals surface area contributed by atoms with E-state index in [4.69, 9.17) is 37.0 Å². The molecule has 0 aliphatic carbocycles. The molecule has 552 valence electrons. The van der Waals surface area contributed by atoms with Crippen LogP contribution in [0.5, 0.6) is 0 Å². The van der Waals surface area contributed by atoms with Crippen molar-refractivity contribution in [2.45, 2.75) is 388 Å². The van der Waals surface area contributed by atoms with Gasteiger partial charge in [-0.05, 0) is 49.4 Å². The molecule has 0 aromatic rings. The Bertz CT molecular complexity index is 1830. The van der Waals surface area contributed by atoms with Gasteiger partial charge in [0.1, 0.15) is 19.3 Å². The van der Waals surface area contributed by atoms with Crippen LogP contribution in [0, 0.1) is 23.7 Å². The number of unbranched alkanes of at least 4 members (excludes halogenated alkanes) is 37. The van der Waals surface area contributed by atoms with Crippen molar-refractivity contribution >= 4 is 39.5 Å². The van der Waals surface area contributed by atoms with Gasteiger partial charge in [-0.2, -0.15) is 0 Å². The minimum atomic E-state index is -4.96. The molecule has 0 heterocycles. The Morgan fingerprint density at radius 3 is 0.667 bits per heavy atom. The molecule has 0 saturated heterocycles. The van der Waals surface area contributed by atoms with E-state index < -0.39 is 97.5 Å². The van der Waals surface area contributed by atoms with Crippen LogP contribution in [-0.4, -0.2) is 96.7 Å². The fourth-order valence-electron chi connectivity index (χ4n) is 11.2. The van der Waals surface area contributed by atoms with Crippen LogP contribution in [0.4, 0.5) is 0 Å². The zero-order valence-electron chi connectivity index (χ0n) is 60.9. The molecule has 0 spiro atoms. The van der Waals surface area contributed by atoms with Gasteiger partial charge in [0.15, 0.2) is 12.2 Å². The maximum absolute atomic E-state index is 13.1. The highest BCUT2D eigenvalue weighted by Crippen LogP contribution is 2.45. The van der Waals surface area contributed by atoms with E-state index >= 15 is 0 Å². The molecule has 0 aromatic heterocycles. The van der Waals surface area contributed by atoms with Gasteiger partial charge in [-0.25, -0.2) is 9.13 Å². The second kappa shape index (κ2) is 63.5. The van der Waals surface area contributed by atoms with Crippen molar-refractivity contribution in [3.63, 3.8) is 0 Å². The van der Waals surface area contributed by atoms with E-state index in [2.05, 4.69) is 55.4 Å². The molecule has 0 aromatic carbocycles. The van der Waals surface area contributed by atoms with E-state index in [9.17, 15) is 43.2 Å². The van der Waals surface area contributed by atoms with Crippen LogP contribution in [0.25, 0.3) is 0 Å². The molecule has 0 fully saturated rings. The Morgan fingerprint density at radius 2 is 0.452 bits per heavy atom. The summed E-state index contributed by atoms with van der Waals surface area (Å²) in [4.78, 5) is 72.7. The fourth-order valence-corrected chi connectivity index (χ4v) is 12.8. The Labute approximate surface area is 568 Å². The lowest BCUT2D eigenvalue weighted by atomic mass is 10.0. The van der Waals surface area contributed by atoms with E-state index in [0.29, 0.717) is 31.6 Å². The summed E-state index contributed by atoms with van der Waals surface area (Å²) in [6.45, 7) is 14.1. The van der Waals surface area contributed by atoms with Gasteiger partial charge in [-0.1, -0.05) is 319 Å². The Balaban J connectivity index is 5.25. The number of aliphatic hydroxyl groups excluding tert-OH is 1. The second-order valence-electron chi connectivity index (χ2n) is 28.6. The van der Waals surface area contributed by atoms with E-state index in [1.165, 1.54) is 167 Å². The molecular weight excluding hydrogens is 1220 g/mol. The van der Waals surface area contributed by atoms with Crippen LogP contribution in [0.15, 0.2) is 0 Å². The van der Waals surface area contributed by atoms with Crippen LogP contribution in [0.2, 0.25) is 0 Å². The molecule has 0 aliphatic heterocycles. The summed E-state index contributed by atoms with van der Waals surface area (Å²) in [6, 6.07) is 0. The fraction of sp³-hybridized carbons (Fsp3) is 0.946.